The Hall–Kier alpha value is -4.38. The number of aryl methyl sites for hydroxylation is 2. The number of urea groups is 1. The van der Waals surface area contributed by atoms with Crippen LogP contribution < -0.4 is 21.5 Å². The number of amides is 3. The van der Waals surface area contributed by atoms with Crippen LogP contribution in [0.4, 0.5) is 20.0 Å². The number of nitrogens with one attached hydrogen (secondary N) is 3. The molecule has 4 aromatic rings. The van der Waals surface area contributed by atoms with Crippen LogP contribution in [0.2, 0.25) is 0 Å². The Morgan fingerprint density at radius 3 is 2.34 bits per heavy atom. The van der Waals surface area contributed by atoms with Crippen molar-refractivity contribution in [2.45, 2.75) is 38.8 Å². The van der Waals surface area contributed by atoms with E-state index in [1.807, 2.05) is 48.5 Å². The minimum atomic E-state index is -0.987. The number of nitrogens with zero attached hydrogens (tertiary/aromatic N) is 3. The third kappa shape index (κ3) is 7.81. The molecule has 0 spiro atoms. The number of pyridine rings is 1. The highest BCUT2D eigenvalue weighted by Gasteiger charge is 2.13. The van der Waals surface area contributed by atoms with Gasteiger partial charge >= 0.3 is 6.03 Å². The SMILES string of the molecule is O=C(Cc1ccccc1)Nc1ccn(CCCCc2nnc(NC(=O)NCc3ccccc3)s2)c(=O)c1F. The van der Waals surface area contributed by atoms with Crippen molar-refractivity contribution in [1.82, 2.24) is 20.1 Å². The van der Waals surface area contributed by atoms with Gasteiger partial charge in [-0.3, -0.25) is 14.9 Å². The highest BCUT2D eigenvalue weighted by Crippen LogP contribution is 2.17. The van der Waals surface area contributed by atoms with Gasteiger partial charge in [-0.1, -0.05) is 72.0 Å². The number of aromatic nitrogens is 3. The van der Waals surface area contributed by atoms with Crippen molar-refractivity contribution in [3.8, 4) is 0 Å². The molecule has 0 bridgehead atoms. The lowest BCUT2D eigenvalue weighted by Gasteiger charge is -2.10. The standard InChI is InChI=1S/C27H27FN6O3S/c28-24-21(30-22(35)17-19-9-3-1-4-10-19)14-16-34(25(24)36)15-8-7-13-23-32-33-27(38-23)31-26(37)29-18-20-11-5-2-6-12-20/h1-6,9-12,14,16H,7-8,13,15,17-18H2,(H,30,35)(H2,29,31,33,37). The zero-order valence-electron chi connectivity index (χ0n) is 20.5. The molecule has 0 aliphatic heterocycles. The van der Waals surface area contributed by atoms with Crippen molar-refractivity contribution in [3.63, 3.8) is 0 Å². The molecule has 2 aromatic heterocycles. The topological polar surface area (TPSA) is 118 Å². The van der Waals surface area contributed by atoms with Gasteiger partial charge in [-0.15, -0.1) is 10.2 Å². The average Bonchev–Trinajstić information content (AvgIpc) is 3.37. The maximum absolute atomic E-state index is 14.6. The summed E-state index contributed by atoms with van der Waals surface area (Å²) < 4.78 is 15.9. The fraction of sp³-hybridized carbons (Fsp3) is 0.222. The summed E-state index contributed by atoms with van der Waals surface area (Å²) in [6.45, 7) is 0.721. The van der Waals surface area contributed by atoms with E-state index in [1.165, 1.54) is 28.2 Å². The van der Waals surface area contributed by atoms with Crippen LogP contribution in [0.15, 0.2) is 77.7 Å². The Morgan fingerprint density at radius 2 is 1.61 bits per heavy atom. The van der Waals surface area contributed by atoms with Crippen molar-refractivity contribution in [1.29, 1.82) is 0 Å². The molecule has 2 heterocycles. The smallest absolute Gasteiger partial charge is 0.321 e. The van der Waals surface area contributed by atoms with Gasteiger partial charge in [0.05, 0.1) is 12.1 Å². The highest BCUT2D eigenvalue weighted by molar-refractivity contribution is 7.15. The van der Waals surface area contributed by atoms with Gasteiger partial charge in [-0.2, -0.15) is 4.39 Å². The van der Waals surface area contributed by atoms with Crippen molar-refractivity contribution in [3.05, 3.63) is 105 Å². The van der Waals surface area contributed by atoms with Gasteiger partial charge in [0.2, 0.25) is 16.9 Å². The molecular formula is C27H27FN6O3S. The molecular weight excluding hydrogens is 507 g/mol. The average molecular weight is 535 g/mol. The molecule has 196 valence electrons. The number of carbonyl (C=O) groups excluding carboxylic acids is 2. The summed E-state index contributed by atoms with van der Waals surface area (Å²) in [5.74, 6) is -1.38. The number of hydrogen-bond acceptors (Lipinski definition) is 6. The molecule has 0 saturated heterocycles. The zero-order chi connectivity index (χ0) is 26.7. The Labute approximate surface area is 222 Å². The molecule has 2 aromatic carbocycles. The lowest BCUT2D eigenvalue weighted by molar-refractivity contribution is -0.115. The van der Waals surface area contributed by atoms with Crippen molar-refractivity contribution < 1.29 is 14.0 Å². The molecule has 0 saturated carbocycles. The van der Waals surface area contributed by atoms with E-state index in [4.69, 9.17) is 0 Å². The van der Waals surface area contributed by atoms with Crippen molar-refractivity contribution in [2.75, 3.05) is 10.6 Å². The summed E-state index contributed by atoms with van der Waals surface area (Å²) in [5.41, 5.74) is 0.866. The van der Waals surface area contributed by atoms with Crippen LogP contribution in [0.1, 0.15) is 29.0 Å². The van der Waals surface area contributed by atoms with Crippen LogP contribution in [-0.2, 0) is 30.7 Å². The fourth-order valence-corrected chi connectivity index (χ4v) is 4.45. The number of carbonyl (C=O) groups is 2. The van der Waals surface area contributed by atoms with E-state index >= 15 is 0 Å². The largest absolute Gasteiger partial charge is 0.334 e. The number of anilines is 2. The van der Waals surface area contributed by atoms with Gasteiger partial charge in [-0.25, -0.2) is 4.79 Å². The van der Waals surface area contributed by atoms with Crippen LogP contribution in [-0.4, -0.2) is 26.7 Å². The zero-order valence-corrected chi connectivity index (χ0v) is 21.3. The molecule has 3 N–H and O–H groups in total. The first kappa shape index (κ1) is 26.7. The number of hydrogen-bond donors (Lipinski definition) is 3. The van der Waals surface area contributed by atoms with Gasteiger partial charge < -0.3 is 15.2 Å². The van der Waals surface area contributed by atoms with Crippen LogP contribution in [0.5, 0.6) is 0 Å². The number of benzene rings is 2. The van der Waals surface area contributed by atoms with E-state index in [2.05, 4.69) is 26.1 Å². The number of halogens is 1. The lowest BCUT2D eigenvalue weighted by Crippen LogP contribution is -2.28. The molecule has 0 aliphatic carbocycles. The summed E-state index contributed by atoms with van der Waals surface area (Å²) in [6.07, 6.45) is 3.47. The first-order valence-corrected chi connectivity index (χ1v) is 12.9. The first-order chi connectivity index (χ1) is 18.5. The number of rotatable bonds is 11. The van der Waals surface area contributed by atoms with Gasteiger partial charge in [0.25, 0.3) is 5.56 Å². The van der Waals surface area contributed by atoms with Crippen LogP contribution in [0.25, 0.3) is 0 Å². The van der Waals surface area contributed by atoms with Gasteiger partial charge in [0.1, 0.15) is 5.01 Å². The van der Waals surface area contributed by atoms with Crippen LogP contribution in [0, 0.1) is 5.82 Å². The fourth-order valence-electron chi connectivity index (χ4n) is 3.68. The highest BCUT2D eigenvalue weighted by atomic mass is 32.1. The van der Waals surface area contributed by atoms with E-state index in [-0.39, 0.29) is 18.1 Å². The second kappa shape index (κ2) is 13.2. The van der Waals surface area contributed by atoms with Gasteiger partial charge in [0, 0.05) is 25.7 Å². The van der Waals surface area contributed by atoms with Crippen molar-refractivity contribution in [2.24, 2.45) is 0 Å². The molecule has 0 radical (unpaired) electrons. The van der Waals surface area contributed by atoms with E-state index in [1.54, 1.807) is 12.1 Å². The summed E-state index contributed by atoms with van der Waals surface area (Å²) >= 11 is 1.28. The van der Waals surface area contributed by atoms with E-state index in [9.17, 15) is 18.8 Å². The summed E-state index contributed by atoms with van der Waals surface area (Å²) in [7, 11) is 0. The summed E-state index contributed by atoms with van der Waals surface area (Å²) in [4.78, 5) is 36.7. The monoisotopic (exact) mass is 534 g/mol. The van der Waals surface area contributed by atoms with Gasteiger partial charge in [-0.05, 0) is 30.0 Å². The maximum atomic E-state index is 14.6. The van der Waals surface area contributed by atoms with Crippen LogP contribution >= 0.6 is 11.3 Å². The second-order valence-electron chi connectivity index (χ2n) is 8.50. The van der Waals surface area contributed by atoms with Crippen LogP contribution in [0.3, 0.4) is 0 Å². The van der Waals surface area contributed by atoms with Crippen molar-refractivity contribution >= 4 is 34.1 Å². The first-order valence-electron chi connectivity index (χ1n) is 12.1. The minimum absolute atomic E-state index is 0.0879. The lowest BCUT2D eigenvalue weighted by atomic mass is 10.1. The van der Waals surface area contributed by atoms with E-state index in [0.29, 0.717) is 37.5 Å². The predicted octanol–water partition coefficient (Wildman–Crippen LogP) is 4.36. The molecule has 11 heteroatoms. The second-order valence-corrected chi connectivity index (χ2v) is 9.57. The Balaban J connectivity index is 1.20. The Bertz CT molecular complexity index is 1430. The Morgan fingerprint density at radius 1 is 0.895 bits per heavy atom. The molecule has 3 amide bonds. The third-order valence-electron chi connectivity index (χ3n) is 5.61. The third-order valence-corrected chi connectivity index (χ3v) is 6.51. The maximum Gasteiger partial charge on any atom is 0.321 e. The summed E-state index contributed by atoms with van der Waals surface area (Å²) in [5, 5.41) is 17.1. The normalized spacial score (nSPS) is 10.7. The van der Waals surface area contributed by atoms with Gasteiger partial charge in [0.15, 0.2) is 0 Å². The molecule has 0 aliphatic rings. The molecule has 0 unspecified atom stereocenters. The summed E-state index contributed by atoms with van der Waals surface area (Å²) in [6, 6.07) is 19.7. The molecule has 9 nitrogen and oxygen atoms in total. The molecule has 0 atom stereocenters. The predicted molar refractivity (Wildman–Crippen MR) is 145 cm³/mol. The van der Waals surface area contributed by atoms with E-state index in [0.717, 1.165) is 16.1 Å². The molecule has 4 rings (SSSR count). The quantitative estimate of drug-likeness (QED) is 0.247. The molecule has 0 fully saturated rings. The minimum Gasteiger partial charge on any atom is -0.334 e. The molecule has 38 heavy (non-hydrogen) atoms. The van der Waals surface area contributed by atoms with E-state index < -0.39 is 17.3 Å². The Kier molecular flexibility index (Phi) is 9.30. The number of unbranched alkanes of at least 4 members (excludes halogenated alkanes) is 1.